The molecule has 1 aromatic carbocycles. The number of amides is 1. The molecule has 0 bridgehead atoms. The summed E-state index contributed by atoms with van der Waals surface area (Å²) in [6.45, 7) is 1.88. The number of nitrogens with zero attached hydrogens (tertiary/aromatic N) is 2. The van der Waals surface area contributed by atoms with Gasteiger partial charge < -0.3 is 4.74 Å². The van der Waals surface area contributed by atoms with Crippen LogP contribution in [0.1, 0.15) is 13.3 Å². The summed E-state index contributed by atoms with van der Waals surface area (Å²) in [5.41, 5.74) is 0. The molecule has 21 heavy (non-hydrogen) atoms. The fourth-order valence-electron chi connectivity index (χ4n) is 1.56. The van der Waals surface area contributed by atoms with Crippen molar-refractivity contribution in [3.05, 3.63) is 29.3 Å². The van der Waals surface area contributed by atoms with E-state index in [9.17, 15) is 4.79 Å². The summed E-state index contributed by atoms with van der Waals surface area (Å²) in [7, 11) is 0. The minimum absolute atomic E-state index is 0.249. The molecule has 1 amide bonds. The number of carbonyl (C=O) groups is 1. The molecule has 8 heteroatoms. The molecule has 0 radical (unpaired) electrons. The third-order valence-corrected chi connectivity index (χ3v) is 4.60. The lowest BCUT2D eigenvalue weighted by Crippen LogP contribution is -2.32. The number of ether oxygens (including phenoxy) is 1. The Morgan fingerprint density at radius 2 is 2.33 bits per heavy atom. The van der Waals surface area contributed by atoms with Crippen molar-refractivity contribution < 1.29 is 9.53 Å². The van der Waals surface area contributed by atoms with Crippen LogP contribution in [0, 0.1) is 0 Å². The van der Waals surface area contributed by atoms with E-state index in [2.05, 4.69) is 15.5 Å². The zero-order chi connectivity index (χ0) is 15.2. The van der Waals surface area contributed by atoms with Crippen LogP contribution in [-0.4, -0.2) is 28.5 Å². The van der Waals surface area contributed by atoms with Gasteiger partial charge in [-0.2, -0.15) is 0 Å². The molecule has 1 atom stereocenters. The highest BCUT2D eigenvalue weighted by Crippen LogP contribution is 2.24. The van der Waals surface area contributed by atoms with Gasteiger partial charge in [-0.25, -0.2) is 0 Å². The maximum Gasteiger partial charge on any atom is 0.267 e. The summed E-state index contributed by atoms with van der Waals surface area (Å²) in [5.74, 6) is 0.313. The van der Waals surface area contributed by atoms with Gasteiger partial charge in [-0.05, 0) is 30.9 Å². The summed E-state index contributed by atoms with van der Waals surface area (Å²) in [5, 5.41) is 11.6. The van der Waals surface area contributed by atoms with Crippen LogP contribution < -0.4 is 10.1 Å². The minimum atomic E-state index is -0.606. The highest BCUT2D eigenvalue weighted by atomic mass is 35.5. The molecule has 0 unspecified atom stereocenters. The van der Waals surface area contributed by atoms with Crippen molar-refractivity contribution in [1.29, 1.82) is 0 Å². The second kappa shape index (κ2) is 7.63. The first-order valence-corrected chi connectivity index (χ1v) is 8.65. The second-order valence-corrected chi connectivity index (χ2v) is 6.51. The van der Waals surface area contributed by atoms with Crippen LogP contribution in [0.3, 0.4) is 0 Å². The quantitative estimate of drug-likeness (QED) is 0.640. The average Bonchev–Trinajstić information content (AvgIpc) is 2.92. The lowest BCUT2D eigenvalue weighted by Gasteiger charge is -2.16. The first-order valence-electron chi connectivity index (χ1n) is 6.23. The van der Waals surface area contributed by atoms with Crippen LogP contribution in [0.25, 0.3) is 0 Å². The van der Waals surface area contributed by atoms with Crippen LogP contribution in [0.15, 0.2) is 28.6 Å². The van der Waals surface area contributed by atoms with E-state index in [1.54, 1.807) is 24.3 Å². The van der Waals surface area contributed by atoms with Gasteiger partial charge in [-0.3, -0.25) is 10.1 Å². The largest absolute Gasteiger partial charge is 0.481 e. The number of hydrogen-bond acceptors (Lipinski definition) is 6. The number of benzene rings is 1. The van der Waals surface area contributed by atoms with Crippen molar-refractivity contribution in [2.24, 2.45) is 0 Å². The zero-order valence-electron chi connectivity index (χ0n) is 11.5. The molecule has 0 aliphatic rings. The number of anilines is 1. The third-order valence-electron chi connectivity index (χ3n) is 2.55. The van der Waals surface area contributed by atoms with Crippen molar-refractivity contribution in [2.75, 3.05) is 11.6 Å². The first-order chi connectivity index (χ1) is 10.1. The van der Waals surface area contributed by atoms with Crippen LogP contribution >= 0.6 is 34.7 Å². The summed E-state index contributed by atoms with van der Waals surface area (Å²) in [4.78, 5) is 12.2. The van der Waals surface area contributed by atoms with E-state index in [0.717, 1.165) is 4.34 Å². The number of carbonyl (C=O) groups excluding carboxylic acids is 1. The van der Waals surface area contributed by atoms with Crippen LogP contribution in [0.2, 0.25) is 5.02 Å². The number of nitrogens with one attached hydrogen (secondary N) is 1. The van der Waals surface area contributed by atoms with Gasteiger partial charge in [0.25, 0.3) is 5.91 Å². The Kier molecular flexibility index (Phi) is 5.84. The van der Waals surface area contributed by atoms with Crippen LogP contribution in [0.5, 0.6) is 5.75 Å². The second-order valence-electron chi connectivity index (χ2n) is 4.04. The Morgan fingerprint density at radius 1 is 1.52 bits per heavy atom. The third kappa shape index (κ3) is 4.59. The fourth-order valence-corrected chi connectivity index (χ4v) is 2.91. The summed E-state index contributed by atoms with van der Waals surface area (Å²) in [6, 6.07) is 6.96. The van der Waals surface area contributed by atoms with Crippen LogP contribution in [0.4, 0.5) is 5.13 Å². The maximum atomic E-state index is 12.2. The Hall–Kier alpha value is -1.31. The maximum absolute atomic E-state index is 12.2. The molecule has 0 saturated carbocycles. The highest BCUT2D eigenvalue weighted by molar-refractivity contribution is 8.00. The van der Waals surface area contributed by atoms with E-state index in [1.165, 1.54) is 23.1 Å². The molecule has 1 aromatic heterocycles. The van der Waals surface area contributed by atoms with E-state index in [1.807, 2.05) is 13.2 Å². The van der Waals surface area contributed by atoms with Crippen molar-refractivity contribution in [3.8, 4) is 5.75 Å². The van der Waals surface area contributed by atoms with Gasteiger partial charge in [0.05, 0.1) is 0 Å². The fraction of sp³-hybridized carbons (Fsp3) is 0.308. The van der Waals surface area contributed by atoms with Crippen molar-refractivity contribution >= 4 is 45.7 Å². The van der Waals surface area contributed by atoms with E-state index < -0.39 is 6.10 Å². The lowest BCUT2D eigenvalue weighted by atomic mass is 10.2. The van der Waals surface area contributed by atoms with Gasteiger partial charge in [-0.15, -0.1) is 10.2 Å². The molecule has 2 aromatic rings. The Morgan fingerprint density at radius 3 is 2.95 bits per heavy atom. The zero-order valence-corrected chi connectivity index (χ0v) is 13.9. The molecule has 0 saturated heterocycles. The average molecular weight is 344 g/mol. The van der Waals surface area contributed by atoms with E-state index >= 15 is 0 Å². The monoisotopic (exact) mass is 343 g/mol. The van der Waals surface area contributed by atoms with E-state index in [0.29, 0.717) is 22.3 Å². The van der Waals surface area contributed by atoms with Crippen LogP contribution in [-0.2, 0) is 4.79 Å². The smallest absolute Gasteiger partial charge is 0.267 e. The van der Waals surface area contributed by atoms with Gasteiger partial charge in [0.15, 0.2) is 10.4 Å². The number of aromatic nitrogens is 2. The Labute approximate surface area is 136 Å². The summed E-state index contributed by atoms with van der Waals surface area (Å²) >= 11 is 8.71. The highest BCUT2D eigenvalue weighted by Gasteiger charge is 2.20. The number of hydrogen-bond donors (Lipinski definition) is 1. The van der Waals surface area contributed by atoms with Crippen molar-refractivity contribution in [2.45, 2.75) is 23.8 Å². The molecular formula is C13H14ClN3O2S2. The standard InChI is InChI=1S/C13H14ClN3O2S2/c1-3-10(19-9-6-4-5-8(14)7-9)11(18)15-12-16-17-13(20-2)21-12/h4-7,10H,3H2,1-2H3,(H,15,16,18)/t10-/m0/s1. The predicted octanol–water partition coefficient (Wildman–Crippen LogP) is 3.71. The molecule has 0 aliphatic carbocycles. The molecular weight excluding hydrogens is 330 g/mol. The summed E-state index contributed by atoms with van der Waals surface area (Å²) in [6.07, 6.45) is 1.83. The normalized spacial score (nSPS) is 12.0. The molecule has 5 nitrogen and oxygen atoms in total. The van der Waals surface area contributed by atoms with E-state index in [4.69, 9.17) is 16.3 Å². The number of thioether (sulfide) groups is 1. The van der Waals surface area contributed by atoms with Gasteiger partial charge >= 0.3 is 0 Å². The lowest BCUT2D eigenvalue weighted by molar-refractivity contribution is -0.122. The van der Waals surface area contributed by atoms with Gasteiger partial charge in [0.1, 0.15) is 5.75 Å². The Bertz CT molecular complexity index is 621. The summed E-state index contributed by atoms with van der Waals surface area (Å²) < 4.78 is 6.47. The molecule has 1 N–H and O–H groups in total. The topological polar surface area (TPSA) is 64.1 Å². The SMILES string of the molecule is CC[C@H](Oc1cccc(Cl)c1)C(=O)Nc1nnc(SC)s1. The van der Waals surface area contributed by atoms with Crippen molar-refractivity contribution in [1.82, 2.24) is 10.2 Å². The van der Waals surface area contributed by atoms with E-state index in [-0.39, 0.29) is 5.91 Å². The number of rotatable bonds is 6. The molecule has 2 rings (SSSR count). The van der Waals surface area contributed by atoms with Gasteiger partial charge in [-0.1, -0.05) is 47.7 Å². The Balaban J connectivity index is 2.01. The molecule has 0 spiro atoms. The first kappa shape index (κ1) is 16.1. The number of halogens is 1. The molecule has 0 fully saturated rings. The minimum Gasteiger partial charge on any atom is -0.481 e. The molecule has 1 heterocycles. The molecule has 0 aliphatic heterocycles. The predicted molar refractivity (Wildman–Crippen MR) is 86.5 cm³/mol. The van der Waals surface area contributed by atoms with Gasteiger partial charge in [0.2, 0.25) is 5.13 Å². The van der Waals surface area contributed by atoms with Crippen molar-refractivity contribution in [3.63, 3.8) is 0 Å². The molecule has 112 valence electrons. The van der Waals surface area contributed by atoms with Gasteiger partial charge in [0, 0.05) is 5.02 Å².